The Bertz CT molecular complexity index is 1110. The molecule has 0 saturated heterocycles. The van der Waals surface area contributed by atoms with Gasteiger partial charge in [0.15, 0.2) is 5.82 Å². The average molecular weight is 362 g/mol. The maximum atomic E-state index is 12.6. The number of para-hydroxylation sites is 1. The van der Waals surface area contributed by atoms with Crippen LogP contribution in [0, 0.1) is 6.92 Å². The summed E-state index contributed by atoms with van der Waals surface area (Å²) < 4.78 is 4.23. The molecule has 1 amide bonds. The highest BCUT2D eigenvalue weighted by atomic mass is 32.1. The lowest BCUT2D eigenvalue weighted by Gasteiger charge is -2.01. The van der Waals surface area contributed by atoms with Crippen molar-refractivity contribution in [3.05, 3.63) is 65.9 Å². The smallest absolute Gasteiger partial charge is 0.298 e. The van der Waals surface area contributed by atoms with E-state index in [4.69, 9.17) is 0 Å². The summed E-state index contributed by atoms with van der Waals surface area (Å²) >= 11 is 1.04. The molecule has 0 unspecified atom stereocenters. The van der Waals surface area contributed by atoms with Crippen LogP contribution in [0.5, 0.6) is 0 Å². The quantitative estimate of drug-likeness (QED) is 0.427. The van der Waals surface area contributed by atoms with Gasteiger partial charge in [-0.2, -0.15) is 9.36 Å². The minimum Gasteiger partial charge on any atom is -0.358 e. The van der Waals surface area contributed by atoms with Crippen LogP contribution in [0.3, 0.4) is 0 Å². The van der Waals surface area contributed by atoms with Crippen molar-refractivity contribution in [2.75, 3.05) is 5.32 Å². The number of aromatic nitrogens is 3. The third kappa shape index (κ3) is 2.89. The fraction of sp³-hybridized carbons (Fsp3) is 0.0526. The zero-order chi connectivity index (χ0) is 18.1. The maximum Gasteiger partial charge on any atom is 0.298 e. The second-order valence-electron chi connectivity index (χ2n) is 5.74. The average Bonchev–Trinajstić information content (AvgIpc) is 3.25. The molecule has 0 atom stereocenters. The summed E-state index contributed by atoms with van der Waals surface area (Å²) in [5.74, 6) is -0.813. The number of benzene rings is 2. The number of nitrogens with one attached hydrogen (secondary N) is 2. The number of ketones is 1. The van der Waals surface area contributed by atoms with E-state index in [1.165, 1.54) is 0 Å². The normalized spacial score (nSPS) is 10.8. The minimum absolute atomic E-state index is 0.291. The van der Waals surface area contributed by atoms with Gasteiger partial charge in [-0.05, 0) is 13.0 Å². The third-order valence-electron chi connectivity index (χ3n) is 4.01. The number of anilines is 1. The Labute approximate surface area is 153 Å². The van der Waals surface area contributed by atoms with Gasteiger partial charge < -0.3 is 4.98 Å². The molecular formula is C19H14N4O2S. The number of rotatable bonds is 4. The van der Waals surface area contributed by atoms with E-state index in [1.54, 1.807) is 6.92 Å². The molecule has 6 nitrogen and oxygen atoms in total. The number of carbonyl (C=O) groups is 2. The molecule has 0 aliphatic rings. The van der Waals surface area contributed by atoms with Gasteiger partial charge in [-0.25, -0.2) is 0 Å². The second-order valence-corrected chi connectivity index (χ2v) is 6.49. The Morgan fingerprint density at radius 3 is 2.58 bits per heavy atom. The van der Waals surface area contributed by atoms with Crippen molar-refractivity contribution in [1.82, 2.24) is 14.3 Å². The number of fused-ring (bicyclic) bond motifs is 1. The van der Waals surface area contributed by atoms with E-state index >= 15 is 0 Å². The molecule has 0 spiro atoms. The van der Waals surface area contributed by atoms with Crippen molar-refractivity contribution in [3.8, 4) is 11.4 Å². The Kier molecular flexibility index (Phi) is 4.06. The van der Waals surface area contributed by atoms with Gasteiger partial charge in [0.1, 0.15) is 0 Å². The van der Waals surface area contributed by atoms with Crippen LogP contribution in [0.2, 0.25) is 0 Å². The van der Waals surface area contributed by atoms with E-state index in [0.717, 1.165) is 28.0 Å². The van der Waals surface area contributed by atoms with Gasteiger partial charge in [0.2, 0.25) is 5.13 Å². The predicted octanol–water partition coefficient (Wildman–Crippen LogP) is 3.82. The Morgan fingerprint density at radius 1 is 1.04 bits per heavy atom. The molecule has 2 aromatic carbocycles. The van der Waals surface area contributed by atoms with Crippen LogP contribution < -0.4 is 5.32 Å². The summed E-state index contributed by atoms with van der Waals surface area (Å²) in [5.41, 5.74) is 2.71. The van der Waals surface area contributed by atoms with E-state index in [9.17, 15) is 9.59 Å². The molecule has 2 N–H and O–H groups in total. The van der Waals surface area contributed by atoms with Crippen molar-refractivity contribution < 1.29 is 9.59 Å². The fourth-order valence-corrected chi connectivity index (χ4v) is 3.40. The van der Waals surface area contributed by atoms with Gasteiger partial charge in [0, 0.05) is 33.7 Å². The lowest BCUT2D eigenvalue weighted by atomic mass is 10.1. The largest absolute Gasteiger partial charge is 0.358 e. The van der Waals surface area contributed by atoms with E-state index in [2.05, 4.69) is 19.7 Å². The highest BCUT2D eigenvalue weighted by molar-refractivity contribution is 7.10. The monoisotopic (exact) mass is 362 g/mol. The van der Waals surface area contributed by atoms with E-state index in [0.29, 0.717) is 22.2 Å². The van der Waals surface area contributed by atoms with Crippen molar-refractivity contribution in [2.24, 2.45) is 0 Å². The molecule has 2 aromatic heterocycles. The topological polar surface area (TPSA) is 87.7 Å². The first-order valence-corrected chi connectivity index (χ1v) is 8.73. The van der Waals surface area contributed by atoms with E-state index in [1.807, 2.05) is 54.6 Å². The van der Waals surface area contributed by atoms with Crippen LogP contribution in [-0.4, -0.2) is 26.0 Å². The van der Waals surface area contributed by atoms with Crippen molar-refractivity contribution in [1.29, 1.82) is 0 Å². The molecule has 4 aromatic rings. The van der Waals surface area contributed by atoms with Gasteiger partial charge in [-0.15, -0.1) is 0 Å². The van der Waals surface area contributed by atoms with Crippen molar-refractivity contribution >= 4 is 39.3 Å². The van der Waals surface area contributed by atoms with Crippen molar-refractivity contribution in [2.45, 2.75) is 6.92 Å². The van der Waals surface area contributed by atoms with Crippen LogP contribution >= 0.6 is 11.5 Å². The summed E-state index contributed by atoms with van der Waals surface area (Å²) in [6, 6.07) is 16.8. The summed E-state index contributed by atoms with van der Waals surface area (Å²) in [5, 5.41) is 3.58. The highest BCUT2D eigenvalue weighted by Gasteiger charge is 2.23. The molecule has 0 saturated carbocycles. The molecule has 7 heteroatoms. The number of H-pyrrole nitrogens is 1. The first kappa shape index (κ1) is 16.2. The number of hydrogen-bond donors (Lipinski definition) is 2. The van der Waals surface area contributed by atoms with Crippen molar-refractivity contribution in [3.63, 3.8) is 0 Å². The zero-order valence-electron chi connectivity index (χ0n) is 13.8. The van der Waals surface area contributed by atoms with Gasteiger partial charge >= 0.3 is 0 Å². The summed E-state index contributed by atoms with van der Waals surface area (Å²) in [7, 11) is 0. The van der Waals surface area contributed by atoms with Crippen LogP contribution in [0.15, 0.2) is 54.6 Å². The SMILES string of the molecule is Cc1[nH]c2ccccc2c1C(=O)C(=O)Nc1nc(-c2ccccc2)ns1. The summed E-state index contributed by atoms with van der Waals surface area (Å²) in [6.45, 7) is 1.78. The van der Waals surface area contributed by atoms with E-state index in [-0.39, 0.29) is 0 Å². The van der Waals surface area contributed by atoms with Crippen LogP contribution in [0.25, 0.3) is 22.3 Å². The molecule has 0 radical (unpaired) electrons. The van der Waals surface area contributed by atoms with Crippen LogP contribution in [0.1, 0.15) is 16.1 Å². The van der Waals surface area contributed by atoms with Gasteiger partial charge in [0.25, 0.3) is 11.7 Å². The first-order valence-electron chi connectivity index (χ1n) is 7.95. The molecule has 0 bridgehead atoms. The lowest BCUT2D eigenvalue weighted by Crippen LogP contribution is -2.23. The first-order chi connectivity index (χ1) is 12.6. The fourth-order valence-electron chi connectivity index (χ4n) is 2.82. The molecule has 0 aliphatic carbocycles. The molecule has 2 heterocycles. The molecule has 0 aliphatic heterocycles. The highest BCUT2D eigenvalue weighted by Crippen LogP contribution is 2.24. The standard InChI is InChI=1S/C19H14N4O2S/c1-11-15(13-9-5-6-10-14(13)20-11)16(24)18(25)22-19-21-17(23-26-19)12-7-3-2-4-8-12/h2-10,20H,1H3,(H,21,22,23,25). The van der Waals surface area contributed by atoms with Gasteiger partial charge in [-0.3, -0.25) is 14.9 Å². The maximum absolute atomic E-state index is 12.6. The number of amides is 1. The Balaban J connectivity index is 1.58. The Morgan fingerprint density at radius 2 is 1.77 bits per heavy atom. The number of aromatic amines is 1. The minimum atomic E-state index is -0.728. The molecule has 26 heavy (non-hydrogen) atoms. The molecule has 128 valence electrons. The van der Waals surface area contributed by atoms with Gasteiger partial charge in [0.05, 0.1) is 5.56 Å². The van der Waals surface area contributed by atoms with Crippen LogP contribution in [0.4, 0.5) is 5.13 Å². The summed E-state index contributed by atoms with van der Waals surface area (Å²) in [6.07, 6.45) is 0. The molecular weight excluding hydrogens is 348 g/mol. The molecule has 0 fully saturated rings. The van der Waals surface area contributed by atoms with E-state index < -0.39 is 11.7 Å². The molecule has 4 rings (SSSR count). The van der Waals surface area contributed by atoms with Crippen LogP contribution in [-0.2, 0) is 4.79 Å². The number of hydrogen-bond acceptors (Lipinski definition) is 5. The lowest BCUT2D eigenvalue weighted by molar-refractivity contribution is -0.112. The second kappa shape index (κ2) is 6.53. The zero-order valence-corrected chi connectivity index (χ0v) is 14.6. The summed E-state index contributed by atoms with van der Waals surface area (Å²) in [4.78, 5) is 32.5. The van der Waals surface area contributed by atoms with Gasteiger partial charge in [-0.1, -0.05) is 48.5 Å². The number of aryl methyl sites for hydroxylation is 1. The Hall–Kier alpha value is -3.32. The number of carbonyl (C=O) groups excluding carboxylic acids is 2. The predicted molar refractivity (Wildman–Crippen MR) is 101 cm³/mol. The third-order valence-corrected chi connectivity index (χ3v) is 4.64. The number of Topliss-reactive ketones (excluding diaryl/α,β-unsaturated/α-hetero) is 1. The number of nitrogens with zero attached hydrogens (tertiary/aromatic N) is 2.